The Morgan fingerprint density at radius 2 is 1.81 bits per heavy atom. The molecule has 3 aromatic heterocycles. The molecule has 0 aliphatic rings. The van der Waals surface area contributed by atoms with Gasteiger partial charge in [-0.3, -0.25) is 0 Å². The van der Waals surface area contributed by atoms with Crippen molar-refractivity contribution in [3.8, 4) is 28.1 Å². The Bertz CT molecular complexity index is 1070. The number of rotatable bonds is 5. The summed E-state index contributed by atoms with van der Waals surface area (Å²) >= 11 is 1.43. The van der Waals surface area contributed by atoms with E-state index in [1.165, 1.54) is 23.5 Å². The van der Waals surface area contributed by atoms with Gasteiger partial charge in [-0.2, -0.15) is 13.8 Å². The Kier molecular flexibility index (Phi) is 4.40. The zero-order valence-electron chi connectivity index (χ0n) is 13.2. The lowest BCUT2D eigenvalue weighted by molar-refractivity contribution is 0.237. The van der Waals surface area contributed by atoms with Gasteiger partial charge in [0.1, 0.15) is 12.4 Å². The van der Waals surface area contributed by atoms with Gasteiger partial charge in [0.05, 0.1) is 4.88 Å². The van der Waals surface area contributed by atoms with Gasteiger partial charge in [-0.25, -0.2) is 8.78 Å². The summed E-state index contributed by atoms with van der Waals surface area (Å²) in [5.41, 5.74) is 0. The quantitative estimate of drug-likeness (QED) is 0.343. The minimum absolute atomic E-state index is 0.0961. The van der Waals surface area contributed by atoms with Gasteiger partial charge in [-0.1, -0.05) is 11.2 Å². The number of hydrogen-bond donors (Lipinski definition) is 0. The van der Waals surface area contributed by atoms with Gasteiger partial charge < -0.3 is 13.7 Å². The van der Waals surface area contributed by atoms with Crippen molar-refractivity contribution in [2.45, 2.75) is 6.61 Å². The third kappa shape index (κ3) is 3.31. The van der Waals surface area contributed by atoms with Crippen molar-refractivity contribution in [1.29, 1.82) is 0 Å². The number of halogens is 4. The molecule has 0 aliphatic heterocycles. The molecule has 27 heavy (non-hydrogen) atoms. The lowest BCUT2D eigenvalue weighted by atomic mass is 10.3. The summed E-state index contributed by atoms with van der Waals surface area (Å²) in [5, 5.41) is 5.69. The van der Waals surface area contributed by atoms with Crippen LogP contribution in [-0.4, -0.2) is 10.1 Å². The van der Waals surface area contributed by atoms with E-state index in [4.69, 9.17) is 13.7 Å². The second-order valence-electron chi connectivity index (χ2n) is 5.25. The predicted molar refractivity (Wildman–Crippen MR) is 85.9 cm³/mol. The van der Waals surface area contributed by atoms with Crippen molar-refractivity contribution < 1.29 is 31.2 Å². The number of benzene rings is 1. The molecule has 0 saturated heterocycles. The third-order valence-corrected chi connectivity index (χ3v) is 4.34. The van der Waals surface area contributed by atoms with Crippen LogP contribution in [0.15, 0.2) is 44.7 Å². The van der Waals surface area contributed by atoms with Gasteiger partial charge in [-0.05, 0) is 23.6 Å². The molecule has 0 spiro atoms. The Morgan fingerprint density at radius 3 is 2.52 bits per heavy atom. The van der Waals surface area contributed by atoms with E-state index in [0.717, 1.165) is 4.88 Å². The fourth-order valence-electron chi connectivity index (χ4n) is 2.22. The lowest BCUT2D eigenvalue weighted by Crippen LogP contribution is -2.03. The standard InChI is InChI=1S/C17H8F4N2O3S/c18-9-6-10(19)14(21)15(13(9)20)24-7-8-3-4-11(25-8)17-22-16(23-26-17)12-2-1-5-27-12/h1-6H,7H2. The maximum Gasteiger partial charge on any atom is 0.293 e. The minimum atomic E-state index is -1.63. The molecule has 0 bridgehead atoms. The molecule has 0 atom stereocenters. The molecule has 3 heterocycles. The molecule has 0 saturated carbocycles. The normalized spacial score (nSPS) is 11.1. The molecular weight excluding hydrogens is 388 g/mol. The molecule has 138 valence electrons. The smallest absolute Gasteiger partial charge is 0.293 e. The summed E-state index contributed by atoms with van der Waals surface area (Å²) in [7, 11) is 0. The van der Waals surface area contributed by atoms with E-state index < -0.39 is 35.6 Å². The van der Waals surface area contributed by atoms with Crippen LogP contribution in [0, 0.1) is 23.3 Å². The van der Waals surface area contributed by atoms with Crippen LogP contribution in [0.3, 0.4) is 0 Å². The summed E-state index contributed by atoms with van der Waals surface area (Å²) in [6, 6.07) is 6.69. The predicted octanol–water partition coefficient (Wildman–Crippen LogP) is 5.19. The average molecular weight is 396 g/mol. The summed E-state index contributed by atoms with van der Waals surface area (Å²) in [5.74, 6) is -6.72. The van der Waals surface area contributed by atoms with Crippen LogP contribution in [0.25, 0.3) is 22.4 Å². The SMILES string of the molecule is Fc1cc(F)c(F)c(OCc2ccc(-c3nc(-c4cccs4)no3)o2)c1F. The van der Waals surface area contributed by atoms with E-state index in [2.05, 4.69) is 10.1 Å². The number of aromatic nitrogens is 2. The number of nitrogens with zero attached hydrogens (tertiary/aromatic N) is 2. The molecule has 0 radical (unpaired) electrons. The van der Waals surface area contributed by atoms with Gasteiger partial charge in [0.15, 0.2) is 23.1 Å². The largest absolute Gasteiger partial charge is 0.479 e. The molecular formula is C17H8F4N2O3S. The van der Waals surface area contributed by atoms with Crippen molar-refractivity contribution in [3.05, 3.63) is 64.7 Å². The van der Waals surface area contributed by atoms with Crippen LogP contribution >= 0.6 is 11.3 Å². The van der Waals surface area contributed by atoms with E-state index in [-0.39, 0.29) is 23.5 Å². The van der Waals surface area contributed by atoms with Crippen molar-refractivity contribution in [3.63, 3.8) is 0 Å². The molecule has 0 fully saturated rings. The molecule has 4 rings (SSSR count). The van der Waals surface area contributed by atoms with Gasteiger partial charge in [0, 0.05) is 6.07 Å². The van der Waals surface area contributed by atoms with Crippen LogP contribution in [0.1, 0.15) is 5.76 Å². The Morgan fingerprint density at radius 1 is 1.04 bits per heavy atom. The molecule has 0 aliphatic carbocycles. The highest BCUT2D eigenvalue weighted by Crippen LogP contribution is 2.29. The van der Waals surface area contributed by atoms with Gasteiger partial charge in [0.2, 0.25) is 17.5 Å². The van der Waals surface area contributed by atoms with Crippen molar-refractivity contribution >= 4 is 11.3 Å². The number of ether oxygens (including phenoxy) is 1. The number of thiophene rings is 1. The van der Waals surface area contributed by atoms with Crippen molar-refractivity contribution in [2.75, 3.05) is 0 Å². The lowest BCUT2D eigenvalue weighted by Gasteiger charge is -2.08. The maximum atomic E-state index is 13.6. The van der Waals surface area contributed by atoms with E-state index in [9.17, 15) is 17.6 Å². The van der Waals surface area contributed by atoms with E-state index >= 15 is 0 Å². The third-order valence-electron chi connectivity index (χ3n) is 3.47. The average Bonchev–Trinajstić information content (AvgIpc) is 3.39. The number of hydrogen-bond acceptors (Lipinski definition) is 6. The molecule has 0 amide bonds. The molecule has 1 aromatic carbocycles. The first-order chi connectivity index (χ1) is 13.0. The van der Waals surface area contributed by atoms with E-state index in [1.54, 1.807) is 0 Å². The van der Waals surface area contributed by atoms with E-state index in [1.807, 2.05) is 17.5 Å². The molecule has 4 aromatic rings. The van der Waals surface area contributed by atoms with Crippen LogP contribution in [0.5, 0.6) is 5.75 Å². The highest BCUT2D eigenvalue weighted by molar-refractivity contribution is 7.13. The first kappa shape index (κ1) is 17.3. The highest BCUT2D eigenvalue weighted by Gasteiger charge is 2.21. The van der Waals surface area contributed by atoms with Crippen LogP contribution in [-0.2, 0) is 6.61 Å². The second kappa shape index (κ2) is 6.88. The Labute approximate surface area is 152 Å². The Hall–Kier alpha value is -3.14. The van der Waals surface area contributed by atoms with Crippen LogP contribution in [0.2, 0.25) is 0 Å². The fraction of sp³-hybridized carbons (Fsp3) is 0.0588. The van der Waals surface area contributed by atoms with Gasteiger partial charge >= 0.3 is 0 Å². The van der Waals surface area contributed by atoms with Crippen molar-refractivity contribution in [1.82, 2.24) is 10.1 Å². The molecule has 5 nitrogen and oxygen atoms in total. The van der Waals surface area contributed by atoms with Crippen molar-refractivity contribution in [2.24, 2.45) is 0 Å². The summed E-state index contributed by atoms with van der Waals surface area (Å²) in [4.78, 5) is 4.99. The van der Waals surface area contributed by atoms with Crippen LogP contribution in [0.4, 0.5) is 17.6 Å². The maximum absolute atomic E-state index is 13.6. The van der Waals surface area contributed by atoms with E-state index in [0.29, 0.717) is 5.82 Å². The summed E-state index contributed by atoms with van der Waals surface area (Å²) in [6.45, 7) is -0.470. The fourth-order valence-corrected chi connectivity index (χ4v) is 2.87. The first-order valence-corrected chi connectivity index (χ1v) is 8.33. The molecule has 0 N–H and O–H groups in total. The van der Waals surface area contributed by atoms with Gasteiger partial charge in [0.25, 0.3) is 5.89 Å². The highest BCUT2D eigenvalue weighted by atomic mass is 32.1. The monoisotopic (exact) mass is 396 g/mol. The zero-order valence-corrected chi connectivity index (χ0v) is 14.0. The topological polar surface area (TPSA) is 61.3 Å². The number of furan rings is 1. The first-order valence-electron chi connectivity index (χ1n) is 7.45. The molecule has 0 unspecified atom stereocenters. The minimum Gasteiger partial charge on any atom is -0.479 e. The summed E-state index contributed by atoms with van der Waals surface area (Å²) < 4.78 is 68.9. The van der Waals surface area contributed by atoms with Gasteiger partial charge in [-0.15, -0.1) is 11.3 Å². The Balaban J connectivity index is 1.51. The zero-order chi connectivity index (χ0) is 19.0. The summed E-state index contributed by atoms with van der Waals surface area (Å²) in [6.07, 6.45) is 0. The molecule has 10 heteroatoms. The second-order valence-corrected chi connectivity index (χ2v) is 6.20. The van der Waals surface area contributed by atoms with Crippen LogP contribution < -0.4 is 4.74 Å².